The number of imidazole rings is 1. The lowest BCUT2D eigenvalue weighted by atomic mass is 10.2. The van der Waals surface area contributed by atoms with Crippen molar-refractivity contribution in [3.63, 3.8) is 0 Å². The van der Waals surface area contributed by atoms with E-state index in [0.29, 0.717) is 5.69 Å². The van der Waals surface area contributed by atoms with E-state index in [0.717, 1.165) is 10.3 Å². The number of fused-ring (bicyclic) bond motifs is 1. The van der Waals surface area contributed by atoms with Gasteiger partial charge in [0.15, 0.2) is 17.8 Å². The van der Waals surface area contributed by atoms with Gasteiger partial charge in [0, 0.05) is 39.6 Å². The van der Waals surface area contributed by atoms with Gasteiger partial charge in [-0.25, -0.2) is 9.78 Å². The predicted molar refractivity (Wildman–Crippen MR) is 111 cm³/mol. The van der Waals surface area contributed by atoms with E-state index in [9.17, 15) is 19.2 Å². The number of rotatable bonds is 6. The number of aryl methyl sites for hydroxylation is 1. The zero-order valence-electron chi connectivity index (χ0n) is 17.1. The van der Waals surface area contributed by atoms with E-state index < -0.39 is 29.7 Å². The van der Waals surface area contributed by atoms with E-state index in [2.05, 4.69) is 10.3 Å². The number of nitrogens with zero attached hydrogens (tertiary/aromatic N) is 5. The number of esters is 1. The molecule has 2 heterocycles. The standard InChI is InChI=1S/C19H22N6O5/c1-22(2)13-7-5-12(6-8-13)21-14(26)10-30-15(27)9-25-11-20-17-16(25)18(28)24(4)19(29)23(17)3/h5-8,11H,9-10H2,1-4H3,(H,21,26). The molecule has 0 bridgehead atoms. The highest BCUT2D eigenvalue weighted by molar-refractivity contribution is 5.93. The van der Waals surface area contributed by atoms with E-state index in [1.54, 1.807) is 12.1 Å². The van der Waals surface area contributed by atoms with Gasteiger partial charge in [0.1, 0.15) is 6.54 Å². The summed E-state index contributed by atoms with van der Waals surface area (Å²) < 4.78 is 8.44. The molecule has 11 heteroatoms. The fourth-order valence-electron chi connectivity index (χ4n) is 2.89. The third-order valence-corrected chi connectivity index (χ3v) is 4.55. The molecule has 30 heavy (non-hydrogen) atoms. The van der Waals surface area contributed by atoms with Crippen LogP contribution in [0.15, 0.2) is 40.2 Å². The smallest absolute Gasteiger partial charge is 0.332 e. The SMILES string of the molecule is CN(C)c1ccc(NC(=O)COC(=O)Cn2cnc3c2c(=O)n(C)c(=O)n3C)cc1. The number of carbonyl (C=O) groups is 2. The Morgan fingerprint density at radius 2 is 1.77 bits per heavy atom. The van der Waals surface area contributed by atoms with Gasteiger partial charge in [0.05, 0.1) is 6.33 Å². The third kappa shape index (κ3) is 4.09. The summed E-state index contributed by atoms with van der Waals surface area (Å²) in [4.78, 5) is 54.4. The van der Waals surface area contributed by atoms with Crippen molar-refractivity contribution in [3.05, 3.63) is 51.4 Å². The second-order valence-corrected chi connectivity index (χ2v) is 6.90. The Balaban J connectivity index is 1.63. The number of amides is 1. The van der Waals surface area contributed by atoms with Gasteiger partial charge < -0.3 is 19.5 Å². The van der Waals surface area contributed by atoms with Crippen LogP contribution in [-0.4, -0.2) is 51.3 Å². The molecule has 158 valence electrons. The Morgan fingerprint density at radius 1 is 1.10 bits per heavy atom. The number of aromatic nitrogens is 4. The van der Waals surface area contributed by atoms with Gasteiger partial charge in [-0.1, -0.05) is 0 Å². The normalized spacial score (nSPS) is 10.8. The first-order valence-corrected chi connectivity index (χ1v) is 9.02. The molecule has 1 aromatic carbocycles. The summed E-state index contributed by atoms with van der Waals surface area (Å²) in [5.41, 5.74) is 0.729. The summed E-state index contributed by atoms with van der Waals surface area (Å²) in [6.45, 7) is -0.799. The van der Waals surface area contributed by atoms with Crippen molar-refractivity contribution in [2.45, 2.75) is 6.54 Å². The Hall–Kier alpha value is -3.89. The number of hydrogen-bond acceptors (Lipinski definition) is 7. The lowest BCUT2D eigenvalue weighted by molar-refractivity contribution is -0.147. The summed E-state index contributed by atoms with van der Waals surface area (Å²) in [6, 6.07) is 7.18. The van der Waals surface area contributed by atoms with E-state index in [1.165, 1.54) is 29.6 Å². The van der Waals surface area contributed by atoms with Crippen molar-refractivity contribution >= 4 is 34.4 Å². The second-order valence-electron chi connectivity index (χ2n) is 6.90. The minimum absolute atomic E-state index is 0.0991. The number of carbonyl (C=O) groups excluding carboxylic acids is 2. The monoisotopic (exact) mass is 414 g/mol. The lowest BCUT2D eigenvalue weighted by Gasteiger charge is -2.13. The van der Waals surface area contributed by atoms with Gasteiger partial charge in [0.2, 0.25) is 0 Å². The van der Waals surface area contributed by atoms with E-state index in [-0.39, 0.29) is 17.7 Å². The summed E-state index contributed by atoms with van der Waals surface area (Å²) in [7, 11) is 6.64. The molecule has 0 aliphatic carbocycles. The number of nitrogens with one attached hydrogen (secondary N) is 1. The molecule has 0 saturated heterocycles. The van der Waals surface area contributed by atoms with E-state index in [4.69, 9.17) is 4.74 Å². The van der Waals surface area contributed by atoms with Crippen LogP contribution < -0.4 is 21.5 Å². The van der Waals surface area contributed by atoms with Gasteiger partial charge >= 0.3 is 11.7 Å². The van der Waals surface area contributed by atoms with Gasteiger partial charge in [-0.3, -0.25) is 23.5 Å². The predicted octanol–water partition coefficient (Wildman–Crippen LogP) is -0.318. The first kappa shape index (κ1) is 20.8. The van der Waals surface area contributed by atoms with Crippen LogP contribution in [0.2, 0.25) is 0 Å². The van der Waals surface area contributed by atoms with E-state index in [1.807, 2.05) is 31.1 Å². The Labute approximate surface area is 171 Å². The first-order valence-electron chi connectivity index (χ1n) is 9.02. The molecule has 3 aromatic rings. The van der Waals surface area contributed by atoms with Crippen LogP contribution >= 0.6 is 0 Å². The molecule has 0 unspecified atom stereocenters. The maximum Gasteiger partial charge on any atom is 0.332 e. The van der Waals surface area contributed by atoms with Gasteiger partial charge in [-0.15, -0.1) is 0 Å². The van der Waals surface area contributed by atoms with Crippen molar-refractivity contribution < 1.29 is 14.3 Å². The average Bonchev–Trinajstić information content (AvgIpc) is 3.13. The fourth-order valence-corrected chi connectivity index (χ4v) is 2.89. The molecule has 0 aliphatic rings. The van der Waals surface area contributed by atoms with Gasteiger partial charge in [-0.2, -0.15) is 0 Å². The minimum Gasteiger partial charge on any atom is -0.454 e. The van der Waals surface area contributed by atoms with Crippen molar-refractivity contribution in [1.82, 2.24) is 18.7 Å². The van der Waals surface area contributed by atoms with Crippen LogP contribution in [0, 0.1) is 0 Å². The molecule has 0 spiro atoms. The largest absolute Gasteiger partial charge is 0.454 e. The number of hydrogen-bond donors (Lipinski definition) is 1. The molecule has 0 aliphatic heterocycles. The van der Waals surface area contributed by atoms with Crippen molar-refractivity contribution in [3.8, 4) is 0 Å². The highest BCUT2D eigenvalue weighted by atomic mass is 16.5. The summed E-state index contributed by atoms with van der Waals surface area (Å²) in [6.07, 6.45) is 1.28. The summed E-state index contributed by atoms with van der Waals surface area (Å²) in [5, 5.41) is 2.64. The summed E-state index contributed by atoms with van der Waals surface area (Å²) >= 11 is 0. The average molecular weight is 414 g/mol. The lowest BCUT2D eigenvalue weighted by Crippen LogP contribution is -2.37. The zero-order chi connectivity index (χ0) is 22.0. The van der Waals surface area contributed by atoms with Gasteiger partial charge in [-0.05, 0) is 24.3 Å². The Morgan fingerprint density at radius 3 is 2.40 bits per heavy atom. The van der Waals surface area contributed by atoms with Crippen LogP contribution in [0.4, 0.5) is 11.4 Å². The molecule has 11 nitrogen and oxygen atoms in total. The van der Waals surface area contributed by atoms with Crippen LogP contribution in [0.25, 0.3) is 11.2 Å². The number of ether oxygens (including phenoxy) is 1. The second kappa shape index (κ2) is 8.23. The highest BCUT2D eigenvalue weighted by Gasteiger charge is 2.17. The van der Waals surface area contributed by atoms with Crippen molar-refractivity contribution in [2.24, 2.45) is 14.1 Å². The van der Waals surface area contributed by atoms with Crippen molar-refractivity contribution in [1.29, 1.82) is 0 Å². The van der Waals surface area contributed by atoms with Gasteiger partial charge in [0.25, 0.3) is 11.5 Å². The topological polar surface area (TPSA) is 120 Å². The van der Waals surface area contributed by atoms with E-state index >= 15 is 0 Å². The van der Waals surface area contributed by atoms with Crippen LogP contribution in [0.1, 0.15) is 0 Å². The maximum absolute atomic E-state index is 12.4. The molecule has 1 amide bonds. The third-order valence-electron chi connectivity index (χ3n) is 4.55. The zero-order valence-corrected chi connectivity index (χ0v) is 17.1. The molecular weight excluding hydrogens is 392 g/mol. The number of anilines is 2. The fraction of sp³-hybridized carbons (Fsp3) is 0.316. The molecule has 0 saturated carbocycles. The Bertz CT molecular complexity index is 1220. The Kier molecular flexibility index (Phi) is 5.72. The van der Waals surface area contributed by atoms with Crippen LogP contribution in [0.3, 0.4) is 0 Å². The maximum atomic E-state index is 12.4. The molecule has 3 rings (SSSR count). The minimum atomic E-state index is -0.719. The molecule has 0 radical (unpaired) electrons. The molecule has 0 fully saturated rings. The van der Waals surface area contributed by atoms with Crippen LogP contribution in [0.5, 0.6) is 0 Å². The summed E-state index contributed by atoms with van der Waals surface area (Å²) in [5.74, 6) is -1.21. The first-order chi connectivity index (χ1) is 14.2. The quantitative estimate of drug-likeness (QED) is 0.549. The van der Waals surface area contributed by atoms with Crippen LogP contribution in [-0.2, 0) is 35.0 Å². The molecule has 1 N–H and O–H groups in total. The molecule has 0 atom stereocenters. The van der Waals surface area contributed by atoms with Crippen molar-refractivity contribution in [2.75, 3.05) is 30.9 Å². The molecule has 2 aromatic heterocycles. The molecular formula is C19H22N6O5. The highest BCUT2D eigenvalue weighted by Crippen LogP contribution is 2.15. The number of benzene rings is 1.